The van der Waals surface area contributed by atoms with Gasteiger partial charge in [0.05, 0.1) is 5.56 Å². The van der Waals surface area contributed by atoms with E-state index < -0.39 is 0 Å². The van der Waals surface area contributed by atoms with Crippen molar-refractivity contribution in [2.24, 2.45) is 5.92 Å². The molecule has 1 saturated heterocycles. The van der Waals surface area contributed by atoms with Gasteiger partial charge >= 0.3 is 0 Å². The van der Waals surface area contributed by atoms with E-state index in [0.717, 1.165) is 76.4 Å². The van der Waals surface area contributed by atoms with E-state index in [1.807, 2.05) is 0 Å². The molecule has 3 rings (SSSR count). The average Bonchev–Trinajstić information content (AvgIpc) is 3.03. The van der Waals surface area contributed by atoms with Crippen LogP contribution in [0, 0.1) is 17.2 Å². The first-order valence-corrected chi connectivity index (χ1v) is 11.3. The normalized spacial score (nSPS) is 20.5. The van der Waals surface area contributed by atoms with Crippen molar-refractivity contribution >= 4 is 22.2 Å². The predicted molar refractivity (Wildman–Crippen MR) is 113 cm³/mol. The first-order chi connectivity index (χ1) is 13.6. The van der Waals surface area contributed by atoms with Crippen molar-refractivity contribution in [1.29, 1.82) is 5.26 Å². The minimum Gasteiger partial charge on any atom is -0.396 e. The molecule has 1 aromatic heterocycles. The molecule has 2 heterocycles. The highest BCUT2D eigenvalue weighted by Crippen LogP contribution is 2.39. The molecule has 0 bridgehead atoms. The van der Waals surface area contributed by atoms with Gasteiger partial charge in [-0.3, -0.25) is 4.79 Å². The summed E-state index contributed by atoms with van der Waals surface area (Å²) in [6.45, 7) is 8.37. The van der Waals surface area contributed by atoms with Gasteiger partial charge in [0.25, 0.3) is 0 Å². The number of thiophene rings is 1. The minimum absolute atomic E-state index is 0.00789. The Labute approximate surface area is 172 Å². The molecule has 2 aliphatic rings. The Kier molecular flexibility index (Phi) is 7.86. The van der Waals surface area contributed by atoms with E-state index in [2.05, 4.69) is 28.1 Å². The maximum Gasteiger partial charge on any atom is 0.226 e. The van der Waals surface area contributed by atoms with Crippen LogP contribution in [0.4, 0.5) is 5.00 Å². The highest BCUT2D eigenvalue weighted by atomic mass is 32.1. The Morgan fingerprint density at radius 3 is 2.64 bits per heavy atom. The molecule has 1 aromatic rings. The van der Waals surface area contributed by atoms with Crippen LogP contribution in [-0.2, 0) is 17.6 Å². The number of hydrogen-bond acceptors (Lipinski definition) is 6. The smallest absolute Gasteiger partial charge is 0.226 e. The lowest BCUT2D eigenvalue weighted by molar-refractivity contribution is -0.116. The number of fused-ring (bicyclic) bond motifs is 1. The fourth-order valence-corrected chi connectivity index (χ4v) is 5.47. The number of amides is 1. The van der Waals surface area contributed by atoms with Gasteiger partial charge in [-0.15, -0.1) is 11.3 Å². The predicted octanol–water partition coefficient (Wildman–Crippen LogP) is 2.46. The van der Waals surface area contributed by atoms with Crippen LogP contribution in [0.3, 0.4) is 0 Å². The van der Waals surface area contributed by atoms with Gasteiger partial charge in [-0.1, -0.05) is 6.92 Å². The van der Waals surface area contributed by atoms with Crippen molar-refractivity contribution in [3.8, 4) is 6.07 Å². The number of rotatable bonds is 8. The van der Waals surface area contributed by atoms with E-state index in [-0.39, 0.29) is 12.5 Å². The van der Waals surface area contributed by atoms with Crippen molar-refractivity contribution in [1.82, 2.24) is 9.80 Å². The van der Waals surface area contributed by atoms with Crippen molar-refractivity contribution in [2.45, 2.75) is 45.4 Å². The number of nitrogens with zero attached hydrogens (tertiary/aromatic N) is 3. The van der Waals surface area contributed by atoms with E-state index in [1.54, 1.807) is 11.3 Å². The molecule has 0 aromatic carbocycles. The third-order valence-corrected chi connectivity index (χ3v) is 7.05. The van der Waals surface area contributed by atoms with Crippen LogP contribution in [0.1, 0.15) is 48.6 Å². The Morgan fingerprint density at radius 2 is 1.96 bits per heavy atom. The zero-order chi connectivity index (χ0) is 19.9. The Bertz CT molecular complexity index is 704. The summed E-state index contributed by atoms with van der Waals surface area (Å²) >= 11 is 1.60. The maximum absolute atomic E-state index is 12.5. The summed E-state index contributed by atoms with van der Waals surface area (Å²) in [5.74, 6) is 0.664. The van der Waals surface area contributed by atoms with Gasteiger partial charge in [-0.05, 0) is 50.1 Å². The lowest BCUT2D eigenvalue weighted by atomic mass is 9.89. The fraction of sp³-hybridized carbons (Fsp3) is 0.714. The lowest BCUT2D eigenvalue weighted by Crippen LogP contribution is -2.47. The standard InChI is InChI=1S/C21H32N4O2S/c1-16-4-5-17-18(15-22)21(28-19(17)14-16)23-20(27)6-8-25-11-9-24(10-12-25)7-2-3-13-26/h16,26H,2-14H2,1H3,(H,23,27)/t16-/m0/s1. The van der Waals surface area contributed by atoms with Gasteiger partial charge in [0.2, 0.25) is 5.91 Å². The van der Waals surface area contributed by atoms with Gasteiger partial charge in [-0.25, -0.2) is 0 Å². The first kappa shape index (κ1) is 21.3. The van der Waals surface area contributed by atoms with Gasteiger partial charge < -0.3 is 20.2 Å². The Balaban J connectivity index is 1.44. The van der Waals surface area contributed by atoms with Gasteiger partial charge in [0.1, 0.15) is 11.1 Å². The lowest BCUT2D eigenvalue weighted by Gasteiger charge is -2.34. The third kappa shape index (κ3) is 5.54. The monoisotopic (exact) mass is 404 g/mol. The zero-order valence-electron chi connectivity index (χ0n) is 16.9. The first-order valence-electron chi connectivity index (χ1n) is 10.5. The van der Waals surface area contributed by atoms with Crippen LogP contribution in [0.2, 0.25) is 0 Å². The van der Waals surface area contributed by atoms with Crippen LogP contribution < -0.4 is 5.32 Å². The molecule has 0 saturated carbocycles. The number of hydrogen-bond donors (Lipinski definition) is 2. The summed E-state index contributed by atoms with van der Waals surface area (Å²) in [6.07, 6.45) is 5.48. The van der Waals surface area contributed by atoms with Gasteiger partial charge in [-0.2, -0.15) is 5.26 Å². The zero-order valence-corrected chi connectivity index (χ0v) is 17.7. The molecule has 1 fully saturated rings. The number of aliphatic hydroxyl groups excluding tert-OH is 1. The SMILES string of the molecule is C[C@H]1CCc2c(sc(NC(=O)CCN3CCN(CCCCO)CC3)c2C#N)C1. The number of nitrogens with one attached hydrogen (secondary N) is 1. The van der Waals surface area contributed by atoms with Crippen LogP contribution in [0.15, 0.2) is 0 Å². The van der Waals surface area contributed by atoms with Gasteiger partial charge in [0, 0.05) is 50.6 Å². The average molecular weight is 405 g/mol. The molecule has 0 spiro atoms. The minimum atomic E-state index is 0.00789. The topological polar surface area (TPSA) is 79.6 Å². The molecule has 2 N–H and O–H groups in total. The number of unbranched alkanes of at least 4 members (excludes halogenated alkanes) is 1. The fourth-order valence-electron chi connectivity index (χ4n) is 4.09. The molecule has 0 radical (unpaired) electrons. The summed E-state index contributed by atoms with van der Waals surface area (Å²) in [4.78, 5) is 18.5. The molecule has 1 aliphatic heterocycles. The summed E-state index contributed by atoms with van der Waals surface area (Å²) < 4.78 is 0. The van der Waals surface area contributed by atoms with Crippen molar-refractivity contribution in [2.75, 3.05) is 51.2 Å². The van der Waals surface area contributed by atoms with E-state index in [1.165, 1.54) is 10.4 Å². The number of carbonyl (C=O) groups excluding carboxylic acids is 1. The highest BCUT2D eigenvalue weighted by Gasteiger charge is 2.25. The molecule has 1 aliphatic carbocycles. The molecule has 1 atom stereocenters. The van der Waals surface area contributed by atoms with Crippen molar-refractivity contribution < 1.29 is 9.90 Å². The Hall–Kier alpha value is -1.46. The van der Waals surface area contributed by atoms with E-state index in [0.29, 0.717) is 17.9 Å². The van der Waals surface area contributed by atoms with E-state index in [4.69, 9.17) is 5.11 Å². The Morgan fingerprint density at radius 1 is 1.25 bits per heavy atom. The number of nitriles is 1. The van der Waals surface area contributed by atoms with Crippen LogP contribution in [-0.4, -0.2) is 66.7 Å². The maximum atomic E-state index is 12.5. The number of aliphatic hydroxyl groups is 1. The molecule has 154 valence electrons. The molecular weight excluding hydrogens is 372 g/mol. The number of piperazine rings is 1. The second-order valence-electron chi connectivity index (χ2n) is 8.08. The summed E-state index contributed by atoms with van der Waals surface area (Å²) in [6, 6.07) is 2.32. The van der Waals surface area contributed by atoms with E-state index >= 15 is 0 Å². The summed E-state index contributed by atoms with van der Waals surface area (Å²) in [5, 5.41) is 22.2. The highest BCUT2D eigenvalue weighted by molar-refractivity contribution is 7.16. The van der Waals surface area contributed by atoms with Crippen LogP contribution in [0.5, 0.6) is 0 Å². The third-order valence-electron chi connectivity index (χ3n) is 5.88. The van der Waals surface area contributed by atoms with E-state index in [9.17, 15) is 10.1 Å². The van der Waals surface area contributed by atoms with Crippen molar-refractivity contribution in [3.05, 3.63) is 16.0 Å². The molecular formula is C21H32N4O2S. The van der Waals surface area contributed by atoms with Crippen LogP contribution >= 0.6 is 11.3 Å². The van der Waals surface area contributed by atoms with Crippen LogP contribution in [0.25, 0.3) is 0 Å². The van der Waals surface area contributed by atoms with Crippen molar-refractivity contribution in [3.63, 3.8) is 0 Å². The summed E-state index contributed by atoms with van der Waals surface area (Å²) in [7, 11) is 0. The second-order valence-corrected chi connectivity index (χ2v) is 9.19. The molecule has 28 heavy (non-hydrogen) atoms. The quantitative estimate of drug-likeness (QED) is 0.651. The molecule has 6 nitrogen and oxygen atoms in total. The van der Waals surface area contributed by atoms with Gasteiger partial charge in [0.15, 0.2) is 0 Å². The number of anilines is 1. The number of carbonyl (C=O) groups is 1. The molecule has 1 amide bonds. The molecule has 7 heteroatoms. The second kappa shape index (κ2) is 10.4. The molecule has 0 unspecified atom stereocenters. The largest absolute Gasteiger partial charge is 0.396 e. The summed E-state index contributed by atoms with van der Waals surface area (Å²) in [5.41, 5.74) is 1.86.